The second kappa shape index (κ2) is 8.19. The number of hydrogen-bond donors (Lipinski definition) is 1. The summed E-state index contributed by atoms with van der Waals surface area (Å²) < 4.78 is 5.41. The predicted molar refractivity (Wildman–Crippen MR) is 101 cm³/mol. The Balaban J connectivity index is 1.68. The number of aromatic nitrogens is 1. The van der Waals surface area contributed by atoms with Crippen molar-refractivity contribution in [3.8, 4) is 5.75 Å². The third kappa shape index (κ3) is 4.03. The molecule has 25 heavy (non-hydrogen) atoms. The quantitative estimate of drug-likeness (QED) is 0.900. The average Bonchev–Trinajstić information content (AvgIpc) is 2.92. The maximum absolute atomic E-state index is 12.4. The molecule has 1 aliphatic heterocycles. The van der Waals surface area contributed by atoms with E-state index < -0.39 is 0 Å². The Labute approximate surface area is 149 Å². The Kier molecular flexibility index (Phi) is 5.74. The van der Waals surface area contributed by atoms with Crippen LogP contribution in [0.3, 0.4) is 0 Å². The molecular weight excluding hydrogens is 314 g/mol. The Morgan fingerprint density at radius 1 is 1.24 bits per heavy atom. The number of anilines is 1. The van der Waals surface area contributed by atoms with Crippen LogP contribution in [0.2, 0.25) is 0 Å². The van der Waals surface area contributed by atoms with Crippen LogP contribution in [0.1, 0.15) is 37.7 Å². The van der Waals surface area contributed by atoms with Crippen molar-refractivity contribution in [3.05, 3.63) is 30.0 Å². The van der Waals surface area contributed by atoms with Crippen LogP contribution < -0.4 is 10.1 Å². The van der Waals surface area contributed by atoms with Crippen molar-refractivity contribution in [2.75, 3.05) is 32.1 Å². The first kappa shape index (κ1) is 17.5. The van der Waals surface area contributed by atoms with Crippen molar-refractivity contribution in [1.82, 2.24) is 9.88 Å². The van der Waals surface area contributed by atoms with Crippen molar-refractivity contribution >= 4 is 22.5 Å². The summed E-state index contributed by atoms with van der Waals surface area (Å²) in [6.45, 7) is 4.48. The third-order valence-electron chi connectivity index (χ3n) is 4.87. The van der Waals surface area contributed by atoms with Crippen LogP contribution in [0.4, 0.5) is 5.69 Å². The lowest BCUT2D eigenvalue weighted by atomic mass is 10.1. The van der Waals surface area contributed by atoms with Crippen LogP contribution in [0.15, 0.2) is 24.4 Å². The van der Waals surface area contributed by atoms with Crippen molar-refractivity contribution in [2.45, 2.75) is 39.0 Å². The zero-order chi connectivity index (χ0) is 17.6. The Morgan fingerprint density at radius 2 is 2.00 bits per heavy atom. The van der Waals surface area contributed by atoms with Gasteiger partial charge in [0.2, 0.25) is 5.91 Å². The lowest BCUT2D eigenvalue weighted by Gasteiger charge is -2.21. The van der Waals surface area contributed by atoms with Gasteiger partial charge in [-0.3, -0.25) is 9.78 Å². The first-order chi connectivity index (χ1) is 12.2. The van der Waals surface area contributed by atoms with Gasteiger partial charge >= 0.3 is 0 Å². The number of hydrogen-bond acceptors (Lipinski definition) is 4. The van der Waals surface area contributed by atoms with Gasteiger partial charge in [-0.2, -0.15) is 0 Å². The molecule has 0 radical (unpaired) electrons. The number of rotatable bonds is 5. The van der Waals surface area contributed by atoms with Crippen molar-refractivity contribution in [1.29, 1.82) is 0 Å². The van der Waals surface area contributed by atoms with E-state index in [1.165, 1.54) is 12.8 Å². The second-order valence-corrected chi connectivity index (χ2v) is 6.64. The number of methoxy groups -OCH3 is 1. The largest absolute Gasteiger partial charge is 0.494 e. The molecule has 0 aliphatic carbocycles. The number of nitrogens with zero attached hydrogens (tertiary/aromatic N) is 2. The summed E-state index contributed by atoms with van der Waals surface area (Å²) in [7, 11) is 1.66. The summed E-state index contributed by atoms with van der Waals surface area (Å²) in [6.07, 6.45) is 7.12. The van der Waals surface area contributed by atoms with Gasteiger partial charge in [-0.05, 0) is 31.4 Å². The molecule has 0 unspecified atom stereocenters. The third-order valence-corrected chi connectivity index (χ3v) is 4.87. The number of benzene rings is 1. The fraction of sp³-hybridized carbons (Fsp3) is 0.500. The molecule has 5 heteroatoms. The molecule has 1 aromatic carbocycles. The zero-order valence-electron chi connectivity index (χ0n) is 15.2. The summed E-state index contributed by atoms with van der Waals surface area (Å²) in [5.74, 6) is 1.02. The molecule has 3 rings (SSSR count). The van der Waals surface area contributed by atoms with Crippen molar-refractivity contribution < 1.29 is 9.53 Å². The first-order valence-electron chi connectivity index (χ1n) is 9.14. The molecule has 2 aromatic rings. The summed E-state index contributed by atoms with van der Waals surface area (Å²) in [5.41, 5.74) is 2.95. The van der Waals surface area contributed by atoms with Gasteiger partial charge in [0.25, 0.3) is 0 Å². The Bertz CT molecular complexity index is 737. The number of nitrogens with one attached hydrogen (secondary N) is 1. The molecular formula is C20H27N3O2. The zero-order valence-corrected chi connectivity index (χ0v) is 15.2. The monoisotopic (exact) mass is 341 g/mol. The lowest BCUT2D eigenvalue weighted by Crippen LogP contribution is -2.32. The number of carbonyl (C=O) groups excluding carboxylic acids is 1. The van der Waals surface area contributed by atoms with E-state index in [1.807, 2.05) is 36.2 Å². The molecule has 0 saturated carbocycles. The van der Waals surface area contributed by atoms with E-state index in [9.17, 15) is 4.79 Å². The van der Waals surface area contributed by atoms with E-state index in [2.05, 4.69) is 10.3 Å². The van der Waals surface area contributed by atoms with Gasteiger partial charge in [0.15, 0.2) is 0 Å². The Morgan fingerprint density at radius 3 is 2.72 bits per heavy atom. The van der Waals surface area contributed by atoms with Gasteiger partial charge in [-0.15, -0.1) is 0 Å². The van der Waals surface area contributed by atoms with Crippen LogP contribution in [-0.4, -0.2) is 42.5 Å². The molecule has 1 N–H and O–H groups in total. The van der Waals surface area contributed by atoms with Gasteiger partial charge in [0.05, 0.1) is 7.11 Å². The number of para-hydroxylation sites is 1. The summed E-state index contributed by atoms with van der Waals surface area (Å²) in [4.78, 5) is 19.0. The topological polar surface area (TPSA) is 54.5 Å². The molecule has 1 aromatic heterocycles. The van der Waals surface area contributed by atoms with Gasteiger partial charge < -0.3 is 15.0 Å². The lowest BCUT2D eigenvalue weighted by molar-refractivity contribution is -0.130. The minimum atomic E-state index is 0.253. The SMILES string of the molecule is COc1cccc2c(NCCC(=O)N3CCCCCC3)c(C)cnc12. The molecule has 5 nitrogen and oxygen atoms in total. The van der Waals surface area contributed by atoms with Crippen LogP contribution in [0.25, 0.3) is 10.9 Å². The van der Waals surface area contributed by atoms with E-state index in [1.54, 1.807) is 7.11 Å². The summed E-state index contributed by atoms with van der Waals surface area (Å²) >= 11 is 0. The van der Waals surface area contributed by atoms with E-state index in [0.29, 0.717) is 13.0 Å². The highest BCUT2D eigenvalue weighted by atomic mass is 16.5. The van der Waals surface area contributed by atoms with Gasteiger partial charge in [-0.25, -0.2) is 0 Å². The second-order valence-electron chi connectivity index (χ2n) is 6.64. The molecule has 2 heterocycles. The maximum Gasteiger partial charge on any atom is 0.224 e. The molecule has 0 spiro atoms. The number of carbonyl (C=O) groups is 1. The number of aryl methyl sites for hydroxylation is 1. The van der Waals surface area contributed by atoms with E-state index in [4.69, 9.17) is 4.74 Å². The van der Waals surface area contributed by atoms with Crippen LogP contribution in [-0.2, 0) is 4.79 Å². The van der Waals surface area contributed by atoms with E-state index in [-0.39, 0.29) is 5.91 Å². The van der Waals surface area contributed by atoms with Crippen molar-refractivity contribution in [2.24, 2.45) is 0 Å². The first-order valence-corrected chi connectivity index (χ1v) is 9.14. The molecule has 1 aliphatic rings. The van der Waals surface area contributed by atoms with E-state index in [0.717, 1.165) is 53.8 Å². The summed E-state index contributed by atoms with van der Waals surface area (Å²) in [6, 6.07) is 5.92. The van der Waals surface area contributed by atoms with Gasteiger partial charge in [0, 0.05) is 43.3 Å². The fourth-order valence-corrected chi connectivity index (χ4v) is 3.47. The van der Waals surface area contributed by atoms with Gasteiger partial charge in [0.1, 0.15) is 11.3 Å². The highest BCUT2D eigenvalue weighted by Crippen LogP contribution is 2.31. The molecule has 1 saturated heterocycles. The van der Waals surface area contributed by atoms with E-state index >= 15 is 0 Å². The van der Waals surface area contributed by atoms with Gasteiger partial charge in [-0.1, -0.05) is 25.0 Å². The van der Waals surface area contributed by atoms with Crippen LogP contribution in [0.5, 0.6) is 5.75 Å². The smallest absolute Gasteiger partial charge is 0.224 e. The molecule has 0 bridgehead atoms. The fourth-order valence-electron chi connectivity index (χ4n) is 3.47. The number of ether oxygens (including phenoxy) is 1. The number of pyridine rings is 1. The standard InChI is InChI=1S/C20H27N3O2/c1-15-14-22-20-16(8-7-9-17(20)25-2)19(15)21-11-10-18(24)23-12-5-3-4-6-13-23/h7-9,14H,3-6,10-13H2,1-2H3,(H,21,22). The van der Waals surface area contributed by atoms with Crippen molar-refractivity contribution in [3.63, 3.8) is 0 Å². The molecule has 1 amide bonds. The highest BCUT2D eigenvalue weighted by molar-refractivity contribution is 5.96. The normalized spacial score (nSPS) is 15.0. The number of likely N-dealkylation sites (tertiary alicyclic amines) is 1. The predicted octanol–water partition coefficient (Wildman–Crippen LogP) is 3.76. The highest BCUT2D eigenvalue weighted by Gasteiger charge is 2.15. The minimum absolute atomic E-state index is 0.253. The summed E-state index contributed by atoms with van der Waals surface area (Å²) in [5, 5.41) is 4.48. The molecule has 0 atom stereocenters. The Hall–Kier alpha value is -2.30. The average molecular weight is 341 g/mol. The minimum Gasteiger partial charge on any atom is -0.494 e. The number of fused-ring (bicyclic) bond motifs is 1. The number of amides is 1. The van der Waals surface area contributed by atoms with Crippen LogP contribution >= 0.6 is 0 Å². The van der Waals surface area contributed by atoms with Crippen LogP contribution in [0, 0.1) is 6.92 Å². The molecule has 1 fully saturated rings. The molecule has 134 valence electrons. The maximum atomic E-state index is 12.4.